The molecule has 1 N–H and O–H groups in total. The maximum Gasteiger partial charge on any atom is 0.336 e. The number of aromatic carboxylic acids is 1. The molecule has 0 aromatic heterocycles. The summed E-state index contributed by atoms with van der Waals surface area (Å²) in [5, 5.41) is 9.03. The summed E-state index contributed by atoms with van der Waals surface area (Å²) in [5.74, 6) is -0.821. The summed E-state index contributed by atoms with van der Waals surface area (Å²) in [6, 6.07) is 2.84. The van der Waals surface area contributed by atoms with Crippen LogP contribution in [-0.4, -0.2) is 30.9 Å². The van der Waals surface area contributed by atoms with Crippen LogP contribution in [0.1, 0.15) is 15.9 Å². The minimum absolute atomic E-state index is 0.0136. The monoisotopic (exact) mass is 238 g/mol. The van der Waals surface area contributed by atoms with Crippen molar-refractivity contribution in [3.05, 3.63) is 23.3 Å². The van der Waals surface area contributed by atoms with Crippen LogP contribution in [0.2, 0.25) is 0 Å². The fourth-order valence-electron chi connectivity index (χ4n) is 1.56. The number of methoxy groups -OCH3 is 1. The number of carboxylic acid groups (broad SMARTS) is 1. The first kappa shape index (κ1) is 11.3. The molecule has 0 radical (unpaired) electrons. The van der Waals surface area contributed by atoms with Gasteiger partial charge < -0.3 is 19.3 Å². The molecular formula is C11H10O6. The zero-order chi connectivity index (χ0) is 12.4. The smallest absolute Gasteiger partial charge is 0.336 e. The highest BCUT2D eigenvalue weighted by Gasteiger charge is 2.21. The number of rotatable bonds is 3. The molecule has 1 aromatic carbocycles. The second-order valence-corrected chi connectivity index (χ2v) is 3.42. The second-order valence-electron chi connectivity index (χ2n) is 3.42. The highest BCUT2D eigenvalue weighted by Crippen LogP contribution is 2.35. The third kappa shape index (κ3) is 2.15. The van der Waals surface area contributed by atoms with Crippen molar-refractivity contribution < 1.29 is 28.9 Å². The van der Waals surface area contributed by atoms with Gasteiger partial charge in [0.15, 0.2) is 11.5 Å². The van der Waals surface area contributed by atoms with E-state index in [1.807, 2.05) is 0 Å². The summed E-state index contributed by atoms with van der Waals surface area (Å²) in [6.45, 7) is 0.0517. The molecule has 0 atom stereocenters. The van der Waals surface area contributed by atoms with Gasteiger partial charge in [0.25, 0.3) is 0 Å². The van der Waals surface area contributed by atoms with Crippen LogP contribution in [-0.2, 0) is 16.0 Å². The summed E-state index contributed by atoms with van der Waals surface area (Å²) < 4.78 is 14.7. The molecule has 6 heteroatoms. The van der Waals surface area contributed by atoms with E-state index in [0.717, 1.165) is 0 Å². The molecule has 0 unspecified atom stereocenters. The Morgan fingerprint density at radius 1 is 1.35 bits per heavy atom. The molecule has 1 aliphatic rings. The minimum Gasteiger partial charge on any atom is -0.478 e. The van der Waals surface area contributed by atoms with Crippen LogP contribution in [0.15, 0.2) is 12.1 Å². The zero-order valence-corrected chi connectivity index (χ0v) is 9.06. The summed E-state index contributed by atoms with van der Waals surface area (Å²) >= 11 is 0. The molecule has 0 bridgehead atoms. The van der Waals surface area contributed by atoms with Crippen LogP contribution in [0.4, 0.5) is 0 Å². The molecule has 0 saturated heterocycles. The number of carbonyl (C=O) groups is 2. The predicted octanol–water partition coefficient (Wildman–Crippen LogP) is 0.829. The summed E-state index contributed by atoms with van der Waals surface area (Å²) in [4.78, 5) is 22.2. The Morgan fingerprint density at radius 3 is 2.59 bits per heavy atom. The van der Waals surface area contributed by atoms with Crippen LogP contribution in [0.3, 0.4) is 0 Å². The maximum absolute atomic E-state index is 11.2. The first-order chi connectivity index (χ1) is 8.11. The molecule has 0 aliphatic carbocycles. The topological polar surface area (TPSA) is 82.1 Å². The van der Waals surface area contributed by atoms with E-state index in [9.17, 15) is 9.59 Å². The van der Waals surface area contributed by atoms with E-state index in [1.54, 1.807) is 0 Å². The lowest BCUT2D eigenvalue weighted by Crippen LogP contribution is -2.09. The fourth-order valence-corrected chi connectivity index (χ4v) is 1.56. The van der Waals surface area contributed by atoms with Crippen molar-refractivity contribution in [2.24, 2.45) is 0 Å². The Bertz CT molecular complexity index is 479. The quantitative estimate of drug-likeness (QED) is 0.785. The van der Waals surface area contributed by atoms with Crippen molar-refractivity contribution in [1.82, 2.24) is 0 Å². The van der Waals surface area contributed by atoms with Gasteiger partial charge in [-0.2, -0.15) is 0 Å². The van der Waals surface area contributed by atoms with Gasteiger partial charge in [0.1, 0.15) is 0 Å². The van der Waals surface area contributed by atoms with E-state index in [2.05, 4.69) is 4.74 Å². The van der Waals surface area contributed by atoms with Crippen molar-refractivity contribution in [3.8, 4) is 11.5 Å². The van der Waals surface area contributed by atoms with E-state index in [-0.39, 0.29) is 18.8 Å². The van der Waals surface area contributed by atoms with Crippen molar-refractivity contribution in [2.45, 2.75) is 6.42 Å². The van der Waals surface area contributed by atoms with Crippen LogP contribution >= 0.6 is 0 Å². The Balaban J connectivity index is 2.41. The molecule has 0 amide bonds. The van der Waals surface area contributed by atoms with E-state index in [4.69, 9.17) is 14.6 Å². The lowest BCUT2D eigenvalue weighted by Gasteiger charge is -2.06. The molecule has 2 rings (SSSR count). The molecule has 0 spiro atoms. The van der Waals surface area contributed by atoms with Crippen molar-refractivity contribution in [1.29, 1.82) is 0 Å². The van der Waals surface area contributed by atoms with Gasteiger partial charge in [-0.1, -0.05) is 0 Å². The molecule has 0 fully saturated rings. The molecule has 6 nitrogen and oxygen atoms in total. The van der Waals surface area contributed by atoms with Gasteiger partial charge in [-0.3, -0.25) is 4.79 Å². The van der Waals surface area contributed by atoms with E-state index < -0.39 is 11.9 Å². The molecule has 0 saturated carbocycles. The Hall–Kier alpha value is -2.24. The van der Waals surface area contributed by atoms with Gasteiger partial charge in [-0.05, 0) is 17.7 Å². The highest BCUT2D eigenvalue weighted by molar-refractivity contribution is 5.92. The molecule has 1 aromatic rings. The minimum atomic E-state index is -1.12. The normalized spacial score (nSPS) is 12.3. The maximum atomic E-state index is 11.2. The number of carbonyl (C=O) groups excluding carboxylic acids is 1. The number of ether oxygens (including phenoxy) is 3. The van der Waals surface area contributed by atoms with Gasteiger partial charge in [0.2, 0.25) is 6.79 Å². The number of hydrogen-bond donors (Lipinski definition) is 1. The van der Waals surface area contributed by atoms with Gasteiger partial charge >= 0.3 is 11.9 Å². The summed E-state index contributed by atoms with van der Waals surface area (Å²) in [7, 11) is 1.25. The zero-order valence-electron chi connectivity index (χ0n) is 9.06. The van der Waals surface area contributed by atoms with Gasteiger partial charge in [-0.15, -0.1) is 0 Å². The molecule has 1 heterocycles. The van der Waals surface area contributed by atoms with Crippen molar-refractivity contribution >= 4 is 11.9 Å². The molecular weight excluding hydrogens is 228 g/mol. The number of carboxylic acids is 1. The Morgan fingerprint density at radius 2 is 2.00 bits per heavy atom. The summed E-state index contributed by atoms with van der Waals surface area (Å²) in [5.41, 5.74) is 0.355. The lowest BCUT2D eigenvalue weighted by molar-refractivity contribution is -0.139. The molecule has 17 heavy (non-hydrogen) atoms. The Kier molecular flexibility index (Phi) is 2.86. The second kappa shape index (κ2) is 4.32. The average molecular weight is 238 g/mol. The van der Waals surface area contributed by atoms with E-state index in [1.165, 1.54) is 19.2 Å². The third-order valence-corrected chi connectivity index (χ3v) is 2.39. The Labute approximate surface area is 96.7 Å². The fraction of sp³-hybridized carbons (Fsp3) is 0.273. The van der Waals surface area contributed by atoms with Crippen molar-refractivity contribution in [2.75, 3.05) is 13.9 Å². The van der Waals surface area contributed by atoms with E-state index in [0.29, 0.717) is 17.1 Å². The molecule has 90 valence electrons. The van der Waals surface area contributed by atoms with Crippen molar-refractivity contribution in [3.63, 3.8) is 0 Å². The average Bonchev–Trinajstić information content (AvgIpc) is 2.74. The SMILES string of the molecule is COC(=O)Cc1cc2c(cc1C(=O)O)OCO2. The first-order valence-electron chi connectivity index (χ1n) is 4.84. The predicted molar refractivity (Wildman–Crippen MR) is 55.2 cm³/mol. The van der Waals surface area contributed by atoms with Gasteiger partial charge in [-0.25, -0.2) is 4.79 Å². The number of fused-ring (bicyclic) bond motifs is 1. The number of benzene rings is 1. The first-order valence-corrected chi connectivity index (χ1v) is 4.84. The third-order valence-electron chi connectivity index (χ3n) is 2.39. The van der Waals surface area contributed by atoms with Crippen LogP contribution in [0.25, 0.3) is 0 Å². The van der Waals surface area contributed by atoms with E-state index >= 15 is 0 Å². The molecule has 1 aliphatic heterocycles. The largest absolute Gasteiger partial charge is 0.478 e. The number of hydrogen-bond acceptors (Lipinski definition) is 5. The highest BCUT2D eigenvalue weighted by atomic mass is 16.7. The lowest BCUT2D eigenvalue weighted by atomic mass is 10.0. The summed E-state index contributed by atoms with van der Waals surface area (Å²) in [6.07, 6.45) is -0.116. The van der Waals surface area contributed by atoms with Gasteiger partial charge in [0, 0.05) is 0 Å². The van der Waals surface area contributed by atoms with Crippen LogP contribution < -0.4 is 9.47 Å². The standard InChI is InChI=1S/C11H10O6/c1-15-10(12)3-6-2-8-9(17-5-16-8)4-7(6)11(13)14/h2,4H,3,5H2,1H3,(H,13,14). The van der Waals surface area contributed by atoms with Crippen LogP contribution in [0.5, 0.6) is 11.5 Å². The van der Waals surface area contributed by atoms with Gasteiger partial charge in [0.05, 0.1) is 19.1 Å². The number of esters is 1. The van der Waals surface area contributed by atoms with Crippen LogP contribution in [0, 0.1) is 0 Å².